The van der Waals surface area contributed by atoms with Gasteiger partial charge in [-0.2, -0.15) is 0 Å². The summed E-state index contributed by atoms with van der Waals surface area (Å²) in [4.78, 5) is 13.8. The van der Waals surface area contributed by atoms with Gasteiger partial charge in [0, 0.05) is 45.1 Å². The van der Waals surface area contributed by atoms with Gasteiger partial charge in [0.1, 0.15) is 5.82 Å². The van der Waals surface area contributed by atoms with Crippen molar-refractivity contribution in [1.29, 1.82) is 0 Å². The highest BCUT2D eigenvalue weighted by Crippen LogP contribution is 2.18. The molecule has 0 spiro atoms. The summed E-state index contributed by atoms with van der Waals surface area (Å²) in [5, 5.41) is 3.44. The largest absolute Gasteiger partial charge is 0.353 e. The number of piperazine rings is 1. The van der Waals surface area contributed by atoms with Gasteiger partial charge in [0.15, 0.2) is 0 Å². The second kappa shape index (κ2) is 7.92. The van der Waals surface area contributed by atoms with Gasteiger partial charge >= 0.3 is 0 Å². The topological polar surface area (TPSA) is 44.3 Å². The summed E-state index contributed by atoms with van der Waals surface area (Å²) in [5.74, 6) is 1.95. The molecule has 118 valence electrons. The van der Waals surface area contributed by atoms with Crippen molar-refractivity contribution in [2.45, 2.75) is 19.8 Å². The smallest absolute Gasteiger partial charge is 0.150 e. The lowest BCUT2D eigenvalue weighted by molar-refractivity contribution is 0.196. The zero-order chi connectivity index (χ0) is 13.8. The molecule has 1 aromatic rings. The molecule has 3 heterocycles. The third-order valence-electron chi connectivity index (χ3n) is 4.50. The normalized spacial score (nSPS) is 21.1. The van der Waals surface area contributed by atoms with E-state index in [1.165, 1.54) is 32.5 Å². The number of hydrogen-bond donors (Lipinski definition) is 1. The molecule has 1 aromatic heterocycles. The molecule has 1 N–H and O–H groups in total. The number of aryl methyl sites for hydroxylation is 1. The highest BCUT2D eigenvalue weighted by molar-refractivity contribution is 5.85. The number of halogens is 1. The van der Waals surface area contributed by atoms with E-state index in [-0.39, 0.29) is 12.4 Å². The second-order valence-electron chi connectivity index (χ2n) is 5.95. The van der Waals surface area contributed by atoms with Crippen molar-refractivity contribution >= 4 is 18.2 Å². The molecule has 2 fully saturated rings. The SMILES string of the molecule is Cc1nccnc1N1CCN(CC2CCNCC2)CC1.Cl. The maximum absolute atomic E-state index is 4.48. The van der Waals surface area contributed by atoms with Crippen molar-refractivity contribution in [1.82, 2.24) is 20.2 Å². The Bertz CT molecular complexity index is 428. The zero-order valence-corrected chi connectivity index (χ0v) is 13.6. The summed E-state index contributed by atoms with van der Waals surface area (Å²) in [7, 11) is 0. The molecule has 2 aliphatic heterocycles. The first kappa shape index (κ1) is 16.5. The lowest BCUT2D eigenvalue weighted by atomic mass is 9.97. The van der Waals surface area contributed by atoms with Gasteiger partial charge in [0.25, 0.3) is 0 Å². The van der Waals surface area contributed by atoms with Crippen molar-refractivity contribution in [3.8, 4) is 0 Å². The number of hydrogen-bond acceptors (Lipinski definition) is 5. The highest BCUT2D eigenvalue weighted by atomic mass is 35.5. The van der Waals surface area contributed by atoms with Crippen LogP contribution in [0.4, 0.5) is 5.82 Å². The fraction of sp³-hybridized carbons (Fsp3) is 0.733. The number of nitrogens with one attached hydrogen (secondary N) is 1. The van der Waals surface area contributed by atoms with E-state index in [1.807, 2.05) is 6.92 Å². The van der Waals surface area contributed by atoms with E-state index in [2.05, 4.69) is 25.1 Å². The number of rotatable bonds is 3. The van der Waals surface area contributed by atoms with Crippen LogP contribution in [-0.2, 0) is 0 Å². The predicted octanol–water partition coefficient (Wildman–Crippen LogP) is 1.33. The summed E-state index contributed by atoms with van der Waals surface area (Å²) in [5.41, 5.74) is 1.04. The number of anilines is 1. The monoisotopic (exact) mass is 311 g/mol. The second-order valence-corrected chi connectivity index (χ2v) is 5.95. The van der Waals surface area contributed by atoms with Gasteiger partial charge < -0.3 is 10.2 Å². The van der Waals surface area contributed by atoms with Crippen LogP contribution >= 0.6 is 12.4 Å². The predicted molar refractivity (Wildman–Crippen MR) is 88.3 cm³/mol. The molecule has 0 atom stereocenters. The van der Waals surface area contributed by atoms with Crippen molar-refractivity contribution in [3.63, 3.8) is 0 Å². The van der Waals surface area contributed by atoms with Gasteiger partial charge in [-0.05, 0) is 38.8 Å². The molecule has 0 radical (unpaired) electrons. The first-order chi connectivity index (χ1) is 9.83. The molecule has 2 saturated heterocycles. The Kier molecular flexibility index (Phi) is 6.21. The first-order valence-electron chi connectivity index (χ1n) is 7.78. The van der Waals surface area contributed by atoms with Gasteiger partial charge in [-0.3, -0.25) is 9.88 Å². The maximum atomic E-state index is 4.48. The Hall–Kier alpha value is -0.910. The molecule has 0 aliphatic carbocycles. The average Bonchev–Trinajstić information content (AvgIpc) is 2.50. The summed E-state index contributed by atoms with van der Waals surface area (Å²) < 4.78 is 0. The van der Waals surface area contributed by atoms with Gasteiger partial charge in [-0.25, -0.2) is 4.98 Å². The third kappa shape index (κ3) is 4.28. The van der Waals surface area contributed by atoms with E-state index >= 15 is 0 Å². The number of piperidine rings is 1. The van der Waals surface area contributed by atoms with Crippen molar-refractivity contribution in [2.24, 2.45) is 5.92 Å². The van der Waals surface area contributed by atoms with Crippen LogP contribution in [0.1, 0.15) is 18.5 Å². The Balaban J connectivity index is 0.00000161. The average molecular weight is 312 g/mol. The van der Waals surface area contributed by atoms with Crippen molar-refractivity contribution in [3.05, 3.63) is 18.1 Å². The molecule has 0 aromatic carbocycles. The van der Waals surface area contributed by atoms with Crippen LogP contribution in [0.3, 0.4) is 0 Å². The molecule has 0 saturated carbocycles. The van der Waals surface area contributed by atoms with E-state index in [0.29, 0.717) is 0 Å². The van der Waals surface area contributed by atoms with Crippen LogP contribution < -0.4 is 10.2 Å². The van der Waals surface area contributed by atoms with E-state index in [9.17, 15) is 0 Å². The lowest BCUT2D eigenvalue weighted by Gasteiger charge is -2.38. The van der Waals surface area contributed by atoms with Crippen molar-refractivity contribution in [2.75, 3.05) is 50.7 Å². The van der Waals surface area contributed by atoms with Gasteiger partial charge in [0.2, 0.25) is 0 Å². The van der Waals surface area contributed by atoms with Crippen LogP contribution in [0, 0.1) is 12.8 Å². The van der Waals surface area contributed by atoms with E-state index in [4.69, 9.17) is 0 Å². The highest BCUT2D eigenvalue weighted by Gasteiger charge is 2.22. The minimum Gasteiger partial charge on any atom is -0.353 e. The zero-order valence-electron chi connectivity index (χ0n) is 12.8. The molecular weight excluding hydrogens is 286 g/mol. The van der Waals surface area contributed by atoms with Crippen LogP contribution in [-0.4, -0.2) is 60.7 Å². The molecule has 2 aliphatic rings. The van der Waals surface area contributed by atoms with Crippen LogP contribution in [0.2, 0.25) is 0 Å². The van der Waals surface area contributed by atoms with Gasteiger partial charge in [-0.1, -0.05) is 0 Å². The quantitative estimate of drug-likeness (QED) is 0.912. The molecular formula is C15H26ClN5. The maximum Gasteiger partial charge on any atom is 0.150 e. The van der Waals surface area contributed by atoms with Crippen LogP contribution in [0.5, 0.6) is 0 Å². The fourth-order valence-electron chi connectivity index (χ4n) is 3.28. The van der Waals surface area contributed by atoms with Crippen LogP contribution in [0.25, 0.3) is 0 Å². The Morgan fingerprint density at radius 1 is 1.10 bits per heavy atom. The molecule has 5 nitrogen and oxygen atoms in total. The minimum absolute atomic E-state index is 0. The van der Waals surface area contributed by atoms with E-state index in [1.54, 1.807) is 12.4 Å². The third-order valence-corrected chi connectivity index (χ3v) is 4.50. The summed E-state index contributed by atoms with van der Waals surface area (Å²) in [6.07, 6.45) is 6.24. The Morgan fingerprint density at radius 2 is 1.76 bits per heavy atom. The molecule has 0 amide bonds. The molecule has 6 heteroatoms. The van der Waals surface area contributed by atoms with E-state index in [0.717, 1.165) is 43.6 Å². The minimum atomic E-state index is 0. The standard InChI is InChI=1S/C15H25N5.ClH/c1-13-15(18-7-6-17-13)20-10-8-19(9-11-20)12-14-2-4-16-5-3-14;/h6-7,14,16H,2-5,8-12H2,1H3;1H. The first-order valence-corrected chi connectivity index (χ1v) is 7.78. The lowest BCUT2D eigenvalue weighted by Crippen LogP contribution is -2.49. The summed E-state index contributed by atoms with van der Waals surface area (Å²) in [6, 6.07) is 0. The molecule has 3 rings (SSSR count). The molecule has 0 bridgehead atoms. The van der Waals surface area contributed by atoms with E-state index < -0.39 is 0 Å². The Morgan fingerprint density at radius 3 is 2.43 bits per heavy atom. The van der Waals surface area contributed by atoms with Crippen molar-refractivity contribution < 1.29 is 0 Å². The number of aromatic nitrogens is 2. The van der Waals surface area contributed by atoms with Gasteiger partial charge in [-0.15, -0.1) is 12.4 Å². The molecule has 21 heavy (non-hydrogen) atoms. The molecule has 0 unspecified atom stereocenters. The van der Waals surface area contributed by atoms with Gasteiger partial charge in [0.05, 0.1) is 5.69 Å². The number of nitrogens with zero attached hydrogens (tertiary/aromatic N) is 4. The fourth-order valence-corrected chi connectivity index (χ4v) is 3.28. The Labute approximate surface area is 133 Å². The summed E-state index contributed by atoms with van der Waals surface area (Å²) >= 11 is 0. The summed E-state index contributed by atoms with van der Waals surface area (Å²) in [6.45, 7) is 10.2. The van der Waals surface area contributed by atoms with Crippen LogP contribution in [0.15, 0.2) is 12.4 Å².